The van der Waals surface area contributed by atoms with Crippen LogP contribution >= 0.6 is 11.3 Å². The number of thiazole rings is 1. The molecule has 114 valence electrons. The van der Waals surface area contributed by atoms with Crippen LogP contribution in [-0.4, -0.2) is 26.8 Å². The SMILES string of the molecule is COc1nc(-c2noc(Cn3ccc(C)cc3=O)n2)sc1C. The molecule has 7 nitrogen and oxygen atoms in total. The quantitative estimate of drug-likeness (QED) is 0.732. The molecule has 0 saturated heterocycles. The molecular weight excluding hydrogens is 304 g/mol. The summed E-state index contributed by atoms with van der Waals surface area (Å²) < 4.78 is 11.9. The fourth-order valence-corrected chi connectivity index (χ4v) is 2.77. The third kappa shape index (κ3) is 2.77. The van der Waals surface area contributed by atoms with Crippen molar-refractivity contribution in [3.63, 3.8) is 0 Å². The van der Waals surface area contributed by atoms with Crippen LogP contribution in [0.2, 0.25) is 0 Å². The van der Waals surface area contributed by atoms with Crippen molar-refractivity contribution in [2.75, 3.05) is 7.11 Å². The molecule has 0 saturated carbocycles. The standard InChI is InChI=1S/C14H14N4O3S/c1-8-4-5-18(11(19)6-8)7-10-15-12(17-21-10)14-16-13(20-3)9(2)22-14/h4-6H,7H2,1-3H3. The van der Waals surface area contributed by atoms with Gasteiger partial charge in [0.1, 0.15) is 6.54 Å². The summed E-state index contributed by atoms with van der Waals surface area (Å²) in [5.41, 5.74) is 0.810. The minimum Gasteiger partial charge on any atom is -0.480 e. The number of nitrogens with zero attached hydrogens (tertiary/aromatic N) is 4. The molecule has 3 aromatic heterocycles. The molecule has 0 atom stereocenters. The molecular formula is C14H14N4O3S. The number of ether oxygens (including phenoxy) is 1. The molecule has 0 bridgehead atoms. The van der Waals surface area contributed by atoms with Crippen LogP contribution in [0.5, 0.6) is 5.88 Å². The Hall–Kier alpha value is -2.48. The van der Waals surface area contributed by atoms with Gasteiger partial charge in [-0.3, -0.25) is 4.79 Å². The third-order valence-electron chi connectivity index (χ3n) is 3.06. The summed E-state index contributed by atoms with van der Waals surface area (Å²) >= 11 is 1.43. The van der Waals surface area contributed by atoms with Crippen molar-refractivity contribution in [2.45, 2.75) is 20.4 Å². The number of pyridine rings is 1. The summed E-state index contributed by atoms with van der Waals surface area (Å²) in [7, 11) is 1.57. The van der Waals surface area contributed by atoms with Crippen molar-refractivity contribution in [1.29, 1.82) is 0 Å². The van der Waals surface area contributed by atoms with Gasteiger partial charge in [0, 0.05) is 12.3 Å². The fourth-order valence-electron chi connectivity index (χ4n) is 1.96. The first kappa shape index (κ1) is 14.5. The summed E-state index contributed by atoms with van der Waals surface area (Å²) in [5, 5.41) is 4.53. The second-order valence-electron chi connectivity index (χ2n) is 4.77. The molecule has 0 fully saturated rings. The summed E-state index contributed by atoms with van der Waals surface area (Å²) in [4.78, 5) is 21.4. The zero-order chi connectivity index (χ0) is 15.7. The maximum Gasteiger partial charge on any atom is 0.251 e. The van der Waals surface area contributed by atoms with Gasteiger partial charge in [-0.1, -0.05) is 5.16 Å². The molecule has 0 spiro atoms. The molecule has 8 heteroatoms. The van der Waals surface area contributed by atoms with E-state index in [9.17, 15) is 4.79 Å². The lowest BCUT2D eigenvalue weighted by molar-refractivity contribution is 0.370. The van der Waals surface area contributed by atoms with Gasteiger partial charge in [0.2, 0.25) is 17.6 Å². The van der Waals surface area contributed by atoms with E-state index in [-0.39, 0.29) is 12.1 Å². The Morgan fingerprint density at radius 1 is 1.36 bits per heavy atom. The van der Waals surface area contributed by atoms with Crippen LogP contribution in [-0.2, 0) is 6.54 Å². The minimum absolute atomic E-state index is 0.105. The van der Waals surface area contributed by atoms with Crippen molar-refractivity contribution < 1.29 is 9.26 Å². The predicted octanol–water partition coefficient (Wildman–Crippen LogP) is 2.03. The third-order valence-corrected chi connectivity index (χ3v) is 4.01. The van der Waals surface area contributed by atoms with Crippen LogP contribution < -0.4 is 10.3 Å². The maximum absolute atomic E-state index is 11.9. The van der Waals surface area contributed by atoms with Crippen molar-refractivity contribution in [2.24, 2.45) is 0 Å². The number of methoxy groups -OCH3 is 1. The van der Waals surface area contributed by atoms with Gasteiger partial charge in [-0.15, -0.1) is 11.3 Å². The second-order valence-corrected chi connectivity index (χ2v) is 5.97. The molecule has 22 heavy (non-hydrogen) atoms. The molecule has 0 aromatic carbocycles. The topological polar surface area (TPSA) is 83.0 Å². The van der Waals surface area contributed by atoms with E-state index in [0.29, 0.717) is 22.6 Å². The van der Waals surface area contributed by atoms with Crippen molar-refractivity contribution >= 4 is 11.3 Å². The Balaban J connectivity index is 1.85. The molecule has 0 radical (unpaired) electrons. The minimum atomic E-state index is -0.105. The predicted molar refractivity (Wildman–Crippen MR) is 81.2 cm³/mol. The molecule has 0 amide bonds. The van der Waals surface area contributed by atoms with Crippen LogP contribution in [0.4, 0.5) is 0 Å². The summed E-state index contributed by atoms with van der Waals surface area (Å²) in [6, 6.07) is 3.42. The molecule has 0 aliphatic rings. The summed E-state index contributed by atoms with van der Waals surface area (Å²) in [6.07, 6.45) is 1.71. The molecule has 3 aromatic rings. The number of aryl methyl sites for hydroxylation is 2. The summed E-state index contributed by atoms with van der Waals surface area (Å²) in [5.74, 6) is 1.31. The fraction of sp³-hybridized carbons (Fsp3) is 0.286. The molecule has 3 rings (SSSR count). The number of rotatable bonds is 4. The van der Waals surface area contributed by atoms with Crippen LogP contribution in [0.3, 0.4) is 0 Å². The Kier molecular flexibility index (Phi) is 3.76. The molecule has 3 heterocycles. The molecule has 0 aliphatic heterocycles. The first-order valence-corrected chi connectivity index (χ1v) is 7.40. The van der Waals surface area contributed by atoms with Gasteiger partial charge in [0.15, 0.2) is 5.01 Å². The Morgan fingerprint density at radius 2 is 2.18 bits per heavy atom. The van der Waals surface area contributed by atoms with E-state index in [1.807, 2.05) is 19.9 Å². The second kappa shape index (κ2) is 5.72. The number of aromatic nitrogens is 4. The first-order valence-electron chi connectivity index (χ1n) is 6.58. The van der Waals surface area contributed by atoms with Gasteiger partial charge in [-0.25, -0.2) is 0 Å². The van der Waals surface area contributed by atoms with E-state index in [2.05, 4.69) is 15.1 Å². The highest BCUT2D eigenvalue weighted by Crippen LogP contribution is 2.29. The number of hydrogen-bond acceptors (Lipinski definition) is 7. The first-order chi connectivity index (χ1) is 10.6. The van der Waals surface area contributed by atoms with Gasteiger partial charge in [0.05, 0.1) is 12.0 Å². The van der Waals surface area contributed by atoms with Crippen molar-refractivity contribution in [1.82, 2.24) is 19.7 Å². The highest BCUT2D eigenvalue weighted by molar-refractivity contribution is 7.15. The van der Waals surface area contributed by atoms with E-state index in [0.717, 1.165) is 10.4 Å². The lowest BCUT2D eigenvalue weighted by Gasteiger charge is -2.01. The van der Waals surface area contributed by atoms with E-state index in [4.69, 9.17) is 9.26 Å². The van der Waals surface area contributed by atoms with E-state index in [1.54, 1.807) is 19.4 Å². The Labute approximate surface area is 130 Å². The highest BCUT2D eigenvalue weighted by atomic mass is 32.1. The maximum atomic E-state index is 11.9. The normalized spacial score (nSPS) is 10.9. The molecule has 0 aliphatic carbocycles. The van der Waals surface area contributed by atoms with Gasteiger partial charge in [0.25, 0.3) is 5.56 Å². The van der Waals surface area contributed by atoms with Crippen LogP contribution in [0.25, 0.3) is 10.8 Å². The lowest BCUT2D eigenvalue weighted by Crippen LogP contribution is -2.19. The largest absolute Gasteiger partial charge is 0.480 e. The van der Waals surface area contributed by atoms with E-state index >= 15 is 0 Å². The smallest absolute Gasteiger partial charge is 0.251 e. The Morgan fingerprint density at radius 3 is 2.86 bits per heavy atom. The zero-order valence-corrected chi connectivity index (χ0v) is 13.2. The van der Waals surface area contributed by atoms with Crippen molar-refractivity contribution in [3.8, 4) is 16.7 Å². The van der Waals surface area contributed by atoms with Crippen LogP contribution in [0.1, 0.15) is 16.3 Å². The van der Waals surface area contributed by atoms with Gasteiger partial charge >= 0.3 is 0 Å². The van der Waals surface area contributed by atoms with E-state index in [1.165, 1.54) is 15.9 Å². The van der Waals surface area contributed by atoms with Gasteiger partial charge < -0.3 is 13.8 Å². The highest BCUT2D eigenvalue weighted by Gasteiger charge is 2.16. The van der Waals surface area contributed by atoms with Crippen molar-refractivity contribution in [3.05, 3.63) is 45.0 Å². The van der Waals surface area contributed by atoms with Crippen LogP contribution in [0, 0.1) is 13.8 Å². The van der Waals surface area contributed by atoms with E-state index < -0.39 is 0 Å². The number of hydrogen-bond donors (Lipinski definition) is 0. The lowest BCUT2D eigenvalue weighted by atomic mass is 10.3. The van der Waals surface area contributed by atoms with Gasteiger partial charge in [-0.05, 0) is 25.5 Å². The van der Waals surface area contributed by atoms with Crippen LogP contribution in [0.15, 0.2) is 27.6 Å². The molecule has 0 N–H and O–H groups in total. The zero-order valence-electron chi connectivity index (χ0n) is 12.4. The average Bonchev–Trinajstić information content (AvgIpc) is 3.08. The average molecular weight is 318 g/mol. The summed E-state index contributed by atoms with van der Waals surface area (Å²) in [6.45, 7) is 4.01. The van der Waals surface area contributed by atoms with Gasteiger partial charge in [-0.2, -0.15) is 9.97 Å². The monoisotopic (exact) mass is 318 g/mol. The Bertz CT molecular complexity index is 865. The molecule has 0 unspecified atom stereocenters.